The van der Waals surface area contributed by atoms with E-state index in [2.05, 4.69) is 10.1 Å². The molecule has 2 rings (SSSR count). The minimum absolute atomic E-state index is 0.300. The smallest absolute Gasteiger partial charge is 0.232 e. The van der Waals surface area contributed by atoms with Crippen molar-refractivity contribution in [1.29, 1.82) is 0 Å². The van der Waals surface area contributed by atoms with Gasteiger partial charge in [-0.15, -0.1) is 0 Å². The Balaban J connectivity index is 1.94. The lowest BCUT2D eigenvalue weighted by atomic mass is 10.1. The molecule has 1 aromatic heterocycles. The van der Waals surface area contributed by atoms with Crippen LogP contribution in [-0.4, -0.2) is 29.9 Å². The van der Waals surface area contributed by atoms with E-state index in [1.165, 1.54) is 0 Å². The molecular formula is C9H15N3O2. The van der Waals surface area contributed by atoms with Gasteiger partial charge in [-0.25, -0.2) is 0 Å². The fourth-order valence-corrected chi connectivity index (χ4v) is 1.52. The van der Waals surface area contributed by atoms with Crippen molar-refractivity contribution in [1.82, 2.24) is 10.1 Å². The SMILES string of the molecule is NCCCc1noc(C2CCOC2)n1. The van der Waals surface area contributed by atoms with Crippen LogP contribution in [-0.2, 0) is 11.2 Å². The van der Waals surface area contributed by atoms with Gasteiger partial charge in [0.15, 0.2) is 5.82 Å². The van der Waals surface area contributed by atoms with Gasteiger partial charge in [0.1, 0.15) is 0 Å². The van der Waals surface area contributed by atoms with Crippen LogP contribution < -0.4 is 5.73 Å². The molecule has 5 heteroatoms. The van der Waals surface area contributed by atoms with Crippen LogP contribution in [0, 0.1) is 0 Å². The molecule has 0 bridgehead atoms. The van der Waals surface area contributed by atoms with Crippen LogP contribution in [0.25, 0.3) is 0 Å². The Bertz CT molecular complexity index is 281. The molecule has 14 heavy (non-hydrogen) atoms. The number of rotatable bonds is 4. The maximum absolute atomic E-state index is 5.40. The summed E-state index contributed by atoms with van der Waals surface area (Å²) in [6, 6.07) is 0. The lowest BCUT2D eigenvalue weighted by Gasteiger charge is -1.97. The Kier molecular flexibility index (Phi) is 3.10. The lowest BCUT2D eigenvalue weighted by Crippen LogP contribution is -2.02. The minimum atomic E-state index is 0.300. The third kappa shape index (κ3) is 2.10. The molecule has 0 amide bonds. The summed E-state index contributed by atoms with van der Waals surface area (Å²) in [6.45, 7) is 2.17. The zero-order valence-electron chi connectivity index (χ0n) is 8.11. The Hall–Kier alpha value is -0.940. The molecule has 1 fully saturated rings. The van der Waals surface area contributed by atoms with E-state index in [1.807, 2.05) is 0 Å². The first-order valence-electron chi connectivity index (χ1n) is 5.00. The monoisotopic (exact) mass is 197 g/mol. The van der Waals surface area contributed by atoms with E-state index >= 15 is 0 Å². The van der Waals surface area contributed by atoms with Gasteiger partial charge in [-0.05, 0) is 19.4 Å². The number of nitrogens with two attached hydrogens (primary N) is 1. The summed E-state index contributed by atoms with van der Waals surface area (Å²) < 4.78 is 10.4. The van der Waals surface area contributed by atoms with Crippen molar-refractivity contribution in [3.63, 3.8) is 0 Å². The van der Waals surface area contributed by atoms with Crippen molar-refractivity contribution in [3.8, 4) is 0 Å². The lowest BCUT2D eigenvalue weighted by molar-refractivity contribution is 0.189. The van der Waals surface area contributed by atoms with Gasteiger partial charge in [0.05, 0.1) is 12.5 Å². The second-order valence-electron chi connectivity index (χ2n) is 3.50. The zero-order chi connectivity index (χ0) is 9.80. The molecule has 0 aromatic carbocycles. The van der Waals surface area contributed by atoms with Crippen molar-refractivity contribution in [2.45, 2.75) is 25.2 Å². The highest BCUT2D eigenvalue weighted by Crippen LogP contribution is 2.23. The first kappa shape index (κ1) is 9.61. The number of ether oxygens (including phenoxy) is 1. The highest BCUT2D eigenvalue weighted by molar-refractivity contribution is 4.96. The first-order valence-corrected chi connectivity index (χ1v) is 5.00. The fourth-order valence-electron chi connectivity index (χ4n) is 1.52. The zero-order valence-corrected chi connectivity index (χ0v) is 8.11. The molecule has 1 saturated heterocycles. The van der Waals surface area contributed by atoms with Crippen molar-refractivity contribution in [3.05, 3.63) is 11.7 Å². The molecule has 0 spiro atoms. The van der Waals surface area contributed by atoms with Crippen LogP contribution in [0.3, 0.4) is 0 Å². The van der Waals surface area contributed by atoms with E-state index in [0.717, 1.165) is 37.6 Å². The van der Waals surface area contributed by atoms with Crippen molar-refractivity contribution >= 4 is 0 Å². The number of nitrogens with zero attached hydrogens (tertiary/aromatic N) is 2. The third-order valence-corrected chi connectivity index (χ3v) is 2.37. The molecule has 1 aliphatic heterocycles. The number of hydrogen-bond donors (Lipinski definition) is 1. The van der Waals surface area contributed by atoms with E-state index in [9.17, 15) is 0 Å². The van der Waals surface area contributed by atoms with Gasteiger partial charge in [-0.2, -0.15) is 4.98 Å². The topological polar surface area (TPSA) is 74.2 Å². The van der Waals surface area contributed by atoms with E-state index < -0.39 is 0 Å². The molecule has 0 saturated carbocycles. The molecule has 5 nitrogen and oxygen atoms in total. The summed E-state index contributed by atoms with van der Waals surface area (Å²) in [4.78, 5) is 4.32. The van der Waals surface area contributed by atoms with E-state index in [0.29, 0.717) is 19.1 Å². The van der Waals surface area contributed by atoms with Gasteiger partial charge < -0.3 is 15.0 Å². The summed E-state index contributed by atoms with van der Waals surface area (Å²) >= 11 is 0. The third-order valence-electron chi connectivity index (χ3n) is 2.37. The summed E-state index contributed by atoms with van der Waals surface area (Å²) in [6.07, 6.45) is 2.69. The molecule has 0 aliphatic carbocycles. The van der Waals surface area contributed by atoms with Crippen LogP contribution in [0.1, 0.15) is 30.5 Å². The molecule has 78 valence electrons. The van der Waals surface area contributed by atoms with Crippen LogP contribution in [0.5, 0.6) is 0 Å². The average molecular weight is 197 g/mol. The number of hydrogen-bond acceptors (Lipinski definition) is 5. The van der Waals surface area contributed by atoms with Gasteiger partial charge in [-0.1, -0.05) is 5.16 Å². The van der Waals surface area contributed by atoms with E-state index in [-0.39, 0.29) is 0 Å². The predicted octanol–water partition coefficient (Wildman–Crippen LogP) is 0.465. The van der Waals surface area contributed by atoms with E-state index in [1.54, 1.807) is 0 Å². The quantitative estimate of drug-likeness (QED) is 0.759. The Labute approximate surface area is 82.6 Å². The Morgan fingerprint density at radius 1 is 1.50 bits per heavy atom. The van der Waals surface area contributed by atoms with Gasteiger partial charge in [-0.3, -0.25) is 0 Å². The normalized spacial score (nSPS) is 21.6. The molecule has 2 heterocycles. The standard InChI is InChI=1S/C9H15N3O2/c10-4-1-2-8-11-9(14-12-8)7-3-5-13-6-7/h7H,1-6,10H2. The summed E-state index contributed by atoms with van der Waals surface area (Å²) in [5, 5.41) is 3.90. The van der Waals surface area contributed by atoms with Crippen molar-refractivity contribution in [2.24, 2.45) is 5.73 Å². The molecule has 2 N–H and O–H groups in total. The van der Waals surface area contributed by atoms with Crippen molar-refractivity contribution < 1.29 is 9.26 Å². The first-order chi connectivity index (χ1) is 6.90. The minimum Gasteiger partial charge on any atom is -0.381 e. The predicted molar refractivity (Wildman–Crippen MR) is 49.9 cm³/mol. The fraction of sp³-hybridized carbons (Fsp3) is 0.778. The van der Waals surface area contributed by atoms with Crippen LogP contribution in [0.4, 0.5) is 0 Å². The molecule has 1 unspecified atom stereocenters. The highest BCUT2D eigenvalue weighted by atomic mass is 16.5. The van der Waals surface area contributed by atoms with Crippen LogP contribution in [0.15, 0.2) is 4.52 Å². The molecule has 1 aromatic rings. The maximum Gasteiger partial charge on any atom is 0.232 e. The van der Waals surface area contributed by atoms with Crippen molar-refractivity contribution in [2.75, 3.05) is 19.8 Å². The Morgan fingerprint density at radius 3 is 3.14 bits per heavy atom. The molecular weight excluding hydrogens is 182 g/mol. The largest absolute Gasteiger partial charge is 0.381 e. The molecule has 0 radical (unpaired) electrons. The van der Waals surface area contributed by atoms with Crippen LogP contribution >= 0.6 is 0 Å². The number of aryl methyl sites for hydroxylation is 1. The second kappa shape index (κ2) is 4.52. The summed E-state index contributed by atoms with van der Waals surface area (Å²) in [7, 11) is 0. The maximum atomic E-state index is 5.40. The second-order valence-corrected chi connectivity index (χ2v) is 3.50. The van der Waals surface area contributed by atoms with Crippen LogP contribution in [0.2, 0.25) is 0 Å². The summed E-state index contributed by atoms with van der Waals surface area (Å²) in [5.74, 6) is 1.78. The molecule has 1 atom stereocenters. The van der Waals surface area contributed by atoms with Gasteiger partial charge in [0, 0.05) is 13.0 Å². The van der Waals surface area contributed by atoms with Gasteiger partial charge in [0.25, 0.3) is 0 Å². The average Bonchev–Trinajstić information content (AvgIpc) is 2.85. The van der Waals surface area contributed by atoms with Gasteiger partial charge in [0.2, 0.25) is 5.89 Å². The van der Waals surface area contributed by atoms with E-state index in [4.69, 9.17) is 15.0 Å². The van der Waals surface area contributed by atoms with Gasteiger partial charge >= 0.3 is 0 Å². The Morgan fingerprint density at radius 2 is 2.43 bits per heavy atom. The molecule has 1 aliphatic rings. The highest BCUT2D eigenvalue weighted by Gasteiger charge is 2.23. The summed E-state index contributed by atoms with van der Waals surface area (Å²) in [5.41, 5.74) is 5.40. The number of aromatic nitrogens is 2.